The number of unbranched alkanes of at least 4 members (excludes halogenated alkanes) is 3. The van der Waals surface area contributed by atoms with E-state index in [9.17, 15) is 14.0 Å². The zero-order valence-corrected chi connectivity index (χ0v) is 24.1. The van der Waals surface area contributed by atoms with Crippen LogP contribution in [0, 0.1) is 10.8 Å². The van der Waals surface area contributed by atoms with Crippen LogP contribution in [-0.2, 0) is 22.9 Å². The van der Waals surface area contributed by atoms with E-state index in [1.807, 2.05) is 0 Å². The highest BCUT2D eigenvalue weighted by Crippen LogP contribution is 2.42. The minimum atomic E-state index is -4.36. The molecule has 3 N–H and O–H groups in total. The number of hydrogen-bond acceptors (Lipinski definition) is 5. The molecule has 0 aliphatic carbocycles. The van der Waals surface area contributed by atoms with Crippen molar-refractivity contribution < 1.29 is 37.6 Å². The minimum absolute atomic E-state index is 0.0417. The van der Waals surface area contributed by atoms with Gasteiger partial charge in [0.25, 0.3) is 0 Å². The lowest BCUT2D eigenvalue weighted by molar-refractivity contribution is 0.0945. The van der Waals surface area contributed by atoms with Crippen molar-refractivity contribution >= 4 is 15.4 Å². The fourth-order valence-corrected chi connectivity index (χ4v) is 5.39. The molecule has 10 heteroatoms. The van der Waals surface area contributed by atoms with Gasteiger partial charge < -0.3 is 23.9 Å². The zero-order chi connectivity index (χ0) is 26.1. The molecule has 8 nitrogen and oxygen atoms in total. The van der Waals surface area contributed by atoms with E-state index in [0.717, 1.165) is 90.3 Å². The average molecular weight is 531 g/mol. The molecule has 0 aromatic heterocycles. The smallest absolute Gasteiger partial charge is 0.381 e. The largest absolute Gasteiger partial charge is 0.469 e. The second-order valence-corrected chi connectivity index (χ2v) is 12.9. The van der Waals surface area contributed by atoms with Crippen molar-refractivity contribution in [3.05, 3.63) is 0 Å². The lowest BCUT2D eigenvalue weighted by atomic mass is 9.74. The molecular formula is C24H52O8P2. The summed E-state index contributed by atoms with van der Waals surface area (Å²) in [6.45, 7) is 11.9. The van der Waals surface area contributed by atoms with Gasteiger partial charge in [0.15, 0.2) is 0 Å². The molecular weight excluding hydrogens is 478 g/mol. The van der Waals surface area contributed by atoms with Crippen LogP contribution in [0.2, 0.25) is 0 Å². The summed E-state index contributed by atoms with van der Waals surface area (Å²) in [6, 6.07) is 0. The summed E-state index contributed by atoms with van der Waals surface area (Å²) < 4.78 is 37.9. The van der Waals surface area contributed by atoms with Crippen molar-refractivity contribution in [2.75, 3.05) is 33.1 Å². The minimum Gasteiger partial charge on any atom is -0.381 e. The Hall–Kier alpha value is 0.220. The molecule has 34 heavy (non-hydrogen) atoms. The summed E-state index contributed by atoms with van der Waals surface area (Å²) in [5, 5.41) is 0. The highest BCUT2D eigenvalue weighted by atomic mass is 31.2. The third-order valence-electron chi connectivity index (χ3n) is 7.46. The Morgan fingerprint density at radius 2 is 1.03 bits per heavy atom. The number of phosphoric ester groups is 1. The maximum absolute atomic E-state index is 11.5. The molecule has 0 aliphatic heterocycles. The van der Waals surface area contributed by atoms with Gasteiger partial charge in [-0.3, -0.25) is 9.09 Å². The molecule has 0 amide bonds. The molecule has 206 valence electrons. The third-order valence-corrected chi connectivity index (χ3v) is 8.59. The Labute approximate surface area is 208 Å². The summed E-state index contributed by atoms with van der Waals surface area (Å²) in [5.41, 5.74) is 0.241. The summed E-state index contributed by atoms with van der Waals surface area (Å²) in [6.07, 6.45) is 13.0. The topological polar surface area (TPSA) is 123 Å². The van der Waals surface area contributed by atoms with Crippen LogP contribution in [0.15, 0.2) is 0 Å². The van der Waals surface area contributed by atoms with Crippen LogP contribution in [-0.4, -0.2) is 47.8 Å². The Balaban J connectivity index is 4.07. The van der Waals surface area contributed by atoms with Gasteiger partial charge in [-0.2, -0.15) is 0 Å². The zero-order valence-electron chi connectivity index (χ0n) is 22.3. The molecule has 0 heterocycles. The van der Waals surface area contributed by atoms with Gasteiger partial charge in [-0.05, 0) is 62.2 Å². The fourth-order valence-electron chi connectivity index (χ4n) is 4.51. The van der Waals surface area contributed by atoms with Gasteiger partial charge in [0.05, 0.1) is 13.2 Å². The Morgan fingerprint density at radius 3 is 1.41 bits per heavy atom. The van der Waals surface area contributed by atoms with Crippen LogP contribution < -0.4 is 0 Å². The molecule has 1 atom stereocenters. The molecule has 0 spiro atoms. The monoisotopic (exact) mass is 530 g/mol. The van der Waals surface area contributed by atoms with Crippen molar-refractivity contribution in [2.45, 2.75) is 111 Å². The molecule has 0 saturated carbocycles. The summed E-state index contributed by atoms with van der Waals surface area (Å²) in [5.74, 6) is 0. The molecule has 0 fully saturated rings. The normalized spacial score (nSPS) is 14.9. The number of ether oxygens (including phenoxy) is 1. The number of rotatable bonds is 23. The van der Waals surface area contributed by atoms with Crippen molar-refractivity contribution in [3.8, 4) is 0 Å². The SMILES string of the molecule is CCC(CC)(CCCCOCCCCC(CC)(CC)COP(C)(=O)O)CCCCOP(=O)(O)O. The van der Waals surface area contributed by atoms with E-state index in [1.54, 1.807) is 0 Å². The van der Waals surface area contributed by atoms with E-state index in [0.29, 0.717) is 13.0 Å². The average Bonchev–Trinajstić information content (AvgIpc) is 2.77. The second-order valence-electron chi connectivity index (χ2n) is 9.80. The van der Waals surface area contributed by atoms with Crippen molar-refractivity contribution in [1.82, 2.24) is 0 Å². The first-order valence-electron chi connectivity index (χ1n) is 13.1. The maximum atomic E-state index is 11.5. The first kappa shape index (κ1) is 34.2. The molecule has 1 unspecified atom stereocenters. The Bertz CT molecular complexity index is 594. The summed E-state index contributed by atoms with van der Waals surface area (Å²) in [4.78, 5) is 27.0. The molecule has 0 bridgehead atoms. The first-order valence-corrected chi connectivity index (χ1v) is 16.6. The lowest BCUT2D eigenvalue weighted by Gasteiger charge is -2.32. The Morgan fingerprint density at radius 1 is 0.618 bits per heavy atom. The van der Waals surface area contributed by atoms with E-state index in [1.165, 1.54) is 6.66 Å². The van der Waals surface area contributed by atoms with Crippen LogP contribution in [0.3, 0.4) is 0 Å². The molecule has 0 radical (unpaired) electrons. The van der Waals surface area contributed by atoms with Gasteiger partial charge in [0, 0.05) is 19.9 Å². The van der Waals surface area contributed by atoms with Gasteiger partial charge in [-0.15, -0.1) is 0 Å². The van der Waals surface area contributed by atoms with E-state index >= 15 is 0 Å². The van der Waals surface area contributed by atoms with Crippen LogP contribution in [0.5, 0.6) is 0 Å². The van der Waals surface area contributed by atoms with Gasteiger partial charge in [0.2, 0.25) is 0 Å². The van der Waals surface area contributed by atoms with Crippen LogP contribution in [0.4, 0.5) is 0 Å². The lowest BCUT2D eigenvalue weighted by Crippen LogP contribution is -2.25. The maximum Gasteiger partial charge on any atom is 0.469 e. The third kappa shape index (κ3) is 16.8. The van der Waals surface area contributed by atoms with Gasteiger partial charge >= 0.3 is 15.4 Å². The van der Waals surface area contributed by atoms with E-state index < -0.39 is 15.4 Å². The molecule has 0 rings (SSSR count). The standard InChI is InChI=1S/C24H52O8P2/c1-6-23(7-2,17-12-15-21-31-34(27,28)29)16-10-13-19-30-20-14-11-18-24(8-3,9-4)22-32-33(5,25)26/h6-22H2,1-5H3,(H,25,26)(H2,27,28,29). The molecule has 0 aliphatic rings. The quantitative estimate of drug-likeness (QED) is 0.0947. The van der Waals surface area contributed by atoms with Crippen LogP contribution in [0.1, 0.15) is 111 Å². The van der Waals surface area contributed by atoms with E-state index in [-0.39, 0.29) is 17.4 Å². The van der Waals surface area contributed by atoms with E-state index in [4.69, 9.17) is 19.0 Å². The summed E-state index contributed by atoms with van der Waals surface area (Å²) >= 11 is 0. The Kier molecular flexibility index (Phi) is 17.8. The van der Waals surface area contributed by atoms with Crippen LogP contribution >= 0.6 is 15.4 Å². The van der Waals surface area contributed by atoms with Gasteiger partial charge in [0.1, 0.15) is 0 Å². The van der Waals surface area contributed by atoms with Crippen LogP contribution in [0.25, 0.3) is 0 Å². The fraction of sp³-hybridized carbons (Fsp3) is 1.00. The van der Waals surface area contributed by atoms with Gasteiger partial charge in [-0.25, -0.2) is 4.57 Å². The molecule has 0 aromatic carbocycles. The first-order chi connectivity index (χ1) is 15.9. The van der Waals surface area contributed by atoms with E-state index in [2.05, 4.69) is 32.2 Å². The second kappa shape index (κ2) is 17.6. The highest BCUT2D eigenvalue weighted by molar-refractivity contribution is 7.51. The number of phosphoric acid groups is 1. The van der Waals surface area contributed by atoms with Crippen molar-refractivity contribution in [1.29, 1.82) is 0 Å². The molecule has 0 aromatic rings. The predicted molar refractivity (Wildman–Crippen MR) is 138 cm³/mol. The predicted octanol–water partition coefficient (Wildman–Crippen LogP) is 7.07. The van der Waals surface area contributed by atoms with Crippen molar-refractivity contribution in [3.63, 3.8) is 0 Å². The molecule has 0 saturated heterocycles. The highest BCUT2D eigenvalue weighted by Gasteiger charge is 2.29. The van der Waals surface area contributed by atoms with Gasteiger partial charge in [-0.1, -0.05) is 59.8 Å². The summed E-state index contributed by atoms with van der Waals surface area (Å²) in [7, 11) is -7.80. The van der Waals surface area contributed by atoms with Crippen molar-refractivity contribution in [2.24, 2.45) is 10.8 Å². The number of hydrogen-bond donors (Lipinski definition) is 3.